The van der Waals surface area contributed by atoms with E-state index in [0.717, 1.165) is 38.3 Å². The van der Waals surface area contributed by atoms with Gasteiger partial charge in [-0.15, -0.1) is 0 Å². The molecule has 402 valence electrons. The molecule has 17 nitrogen and oxygen atoms in total. The number of carbonyl (C=O) groups excluding carboxylic acids is 3. The van der Waals surface area contributed by atoms with Gasteiger partial charge in [-0.2, -0.15) is 0 Å². The highest BCUT2D eigenvalue weighted by Crippen LogP contribution is 2.32. The molecule has 2 amide bonds. The van der Waals surface area contributed by atoms with Crippen LogP contribution < -0.4 is 15.8 Å². The summed E-state index contributed by atoms with van der Waals surface area (Å²) in [6, 6.07) is 39.8. The molecule has 8 atom stereocenters. The number of carbonyl (C=O) groups is 3. The largest absolute Gasteiger partial charge is 0.497 e. The van der Waals surface area contributed by atoms with Crippen LogP contribution in [0, 0.1) is 5.92 Å². The predicted molar refractivity (Wildman–Crippen MR) is 290 cm³/mol. The van der Waals surface area contributed by atoms with Crippen molar-refractivity contribution in [1.29, 1.82) is 0 Å². The fourth-order valence-corrected chi connectivity index (χ4v) is 9.55. The lowest BCUT2D eigenvalue weighted by Crippen LogP contribution is -2.66. The Kier molecular flexibility index (Phi) is 18.8. The number of aliphatic hydroxyl groups is 7. The predicted octanol–water partition coefficient (Wildman–Crippen LogP) is 6.03. The lowest BCUT2D eigenvalue weighted by atomic mass is 9.86. The van der Waals surface area contributed by atoms with Crippen molar-refractivity contribution < 1.29 is 64.3 Å². The van der Waals surface area contributed by atoms with Gasteiger partial charge in [0.15, 0.2) is 18.4 Å². The van der Waals surface area contributed by atoms with Crippen LogP contribution in [0.3, 0.4) is 0 Å². The van der Waals surface area contributed by atoms with E-state index in [4.69, 9.17) is 30.2 Å². The molecule has 0 saturated carbocycles. The van der Waals surface area contributed by atoms with Crippen LogP contribution in [0.4, 0.5) is 0 Å². The van der Waals surface area contributed by atoms with Crippen molar-refractivity contribution in [2.75, 3.05) is 26.9 Å². The van der Waals surface area contributed by atoms with Crippen LogP contribution in [0.2, 0.25) is 0 Å². The van der Waals surface area contributed by atoms with E-state index in [9.17, 15) is 39.9 Å². The lowest BCUT2D eigenvalue weighted by Gasteiger charge is -2.45. The molecule has 8 unspecified atom stereocenters. The van der Waals surface area contributed by atoms with Gasteiger partial charge < -0.3 is 70.1 Å². The van der Waals surface area contributed by atoms with Crippen LogP contribution in [0.15, 0.2) is 134 Å². The first-order valence-electron chi connectivity index (χ1n) is 25.3. The molecule has 0 spiro atoms. The Morgan fingerprint density at radius 2 is 1.20 bits per heavy atom. The molecular formula is C59H68N4O13. The highest BCUT2D eigenvalue weighted by Gasteiger charge is 2.48. The number of fused-ring (bicyclic) bond motifs is 4. The second-order valence-electron chi connectivity index (χ2n) is 19.0. The Morgan fingerprint density at radius 3 is 1.71 bits per heavy atom. The summed E-state index contributed by atoms with van der Waals surface area (Å²) >= 11 is 0. The van der Waals surface area contributed by atoms with Crippen molar-refractivity contribution in [3.8, 4) is 5.75 Å². The van der Waals surface area contributed by atoms with E-state index in [1.54, 1.807) is 37.7 Å². The fourth-order valence-electron chi connectivity index (χ4n) is 9.55. The van der Waals surface area contributed by atoms with Crippen LogP contribution in [-0.4, -0.2) is 132 Å². The van der Waals surface area contributed by atoms with Crippen LogP contribution in [0.5, 0.6) is 5.75 Å². The molecule has 0 aliphatic carbocycles. The Hall–Kier alpha value is -7.03. The number of primary amides is 1. The molecule has 76 heavy (non-hydrogen) atoms. The Bertz CT molecular complexity index is 3270. The first-order valence-corrected chi connectivity index (χ1v) is 25.3. The highest BCUT2D eigenvalue weighted by molar-refractivity contribution is 6.09. The molecule has 0 radical (unpaired) electrons. The maximum Gasteiger partial charge on any atom is 0.254 e. The topological polar surface area (TPSA) is 268 Å². The number of nitrogens with two attached hydrogens (primary N) is 1. The smallest absolute Gasteiger partial charge is 0.254 e. The average Bonchev–Trinajstić information content (AvgIpc) is 3.99. The molecule has 10 rings (SSSR count). The highest BCUT2D eigenvalue weighted by atomic mass is 16.6. The minimum absolute atomic E-state index is 0.00835. The van der Waals surface area contributed by atoms with Crippen molar-refractivity contribution >= 4 is 60.9 Å². The summed E-state index contributed by atoms with van der Waals surface area (Å²) in [6.45, 7) is 7.31. The third-order valence-electron chi connectivity index (χ3n) is 13.9. The second-order valence-corrected chi connectivity index (χ2v) is 19.0. The molecule has 6 aromatic carbocycles. The van der Waals surface area contributed by atoms with Crippen LogP contribution in [-0.2, 0) is 22.6 Å². The van der Waals surface area contributed by atoms with E-state index in [-0.39, 0.29) is 38.4 Å². The number of aliphatic hydroxyl groups excluding tert-OH is 7. The molecule has 17 heteroatoms. The lowest BCUT2D eigenvalue weighted by molar-refractivity contribution is -0.241. The number of nitrogens with zero attached hydrogens (tertiary/aromatic N) is 2. The van der Waals surface area contributed by atoms with Crippen molar-refractivity contribution in [2.24, 2.45) is 11.7 Å². The number of ether oxygens (including phenoxy) is 3. The minimum Gasteiger partial charge on any atom is -0.497 e. The zero-order chi connectivity index (χ0) is 54.8. The van der Waals surface area contributed by atoms with Gasteiger partial charge in [-0.3, -0.25) is 14.4 Å². The van der Waals surface area contributed by atoms with E-state index in [0.29, 0.717) is 40.9 Å². The van der Waals surface area contributed by atoms with Gasteiger partial charge in [0.25, 0.3) is 11.8 Å². The molecule has 0 bridgehead atoms. The summed E-state index contributed by atoms with van der Waals surface area (Å²) in [5.41, 5.74) is 9.43. The first-order chi connectivity index (χ1) is 36.5. The third-order valence-corrected chi connectivity index (χ3v) is 13.9. The number of hydrogen-bond donors (Lipinski definition) is 9. The first kappa shape index (κ1) is 56.7. The maximum atomic E-state index is 13.5. The van der Waals surface area contributed by atoms with Crippen LogP contribution in [0.1, 0.15) is 82.7 Å². The summed E-state index contributed by atoms with van der Waals surface area (Å²) in [4.78, 5) is 37.0. The van der Waals surface area contributed by atoms with E-state index in [2.05, 4.69) is 66.0 Å². The third kappa shape index (κ3) is 12.6. The normalized spacial score (nSPS) is 22.1. The molecule has 10 N–H and O–H groups in total. The van der Waals surface area contributed by atoms with Crippen molar-refractivity contribution in [1.82, 2.24) is 14.5 Å². The quantitative estimate of drug-likeness (QED) is 0.0634. The number of nitrogens with one attached hydrogen (secondary N) is 1. The van der Waals surface area contributed by atoms with Gasteiger partial charge in [0.05, 0.1) is 73.9 Å². The number of hydrogen-bond acceptors (Lipinski definition) is 13. The number of benzene rings is 6. The molecule has 8 aromatic rings. The van der Waals surface area contributed by atoms with Crippen molar-refractivity contribution in [3.05, 3.63) is 162 Å². The Balaban J connectivity index is 0.000000183. The average molecular weight is 1040 g/mol. The molecular weight excluding hydrogens is 973 g/mol. The number of rotatable bonds is 12. The van der Waals surface area contributed by atoms with Crippen molar-refractivity contribution in [3.63, 3.8) is 0 Å². The standard InChI is InChI=1S/C28H30N2O6.C22H18N2O2.C7H14O5.C2H6/c1-28(25(32)13-21(16-31)36-27(28)34)29-26(33)23-15-30(24-12-20(35-2)9-10-22(23)24)14-17-7-8-18-5-3-4-6-19(18)11-17;1-14(25)17-8-9-19-20(22(23)26)13-24(21(19)11-17)12-15-6-7-16-4-2-3-5-18(16)10-15;8-2-4-1-6(10)5(3-9)7(11)12-4;1-2/h3-12,15,21,25,27,31-32,34H,13-14,16H2,1-2H3,(H,29,33);2-11,13H,12H2,1H3,(H2,23,26);4-11H,1-3H2;1-2H3. The molecule has 2 aliphatic heterocycles. The van der Waals surface area contributed by atoms with Gasteiger partial charge in [-0.1, -0.05) is 98.8 Å². The fraction of sp³-hybridized carbons (Fsp3) is 0.339. The molecule has 2 aromatic heterocycles. The molecule has 2 aliphatic rings. The zero-order valence-electron chi connectivity index (χ0n) is 43.2. The molecule has 4 heterocycles. The molecule has 2 fully saturated rings. The van der Waals surface area contributed by atoms with Gasteiger partial charge in [0, 0.05) is 66.2 Å². The van der Waals surface area contributed by atoms with Gasteiger partial charge in [-0.25, -0.2) is 0 Å². The SMILES string of the molecule is CC.CC(=O)c1ccc2c(C(N)=O)cn(Cc3ccc4ccccc4c3)c2c1.COc1ccc2c(C(=O)NC3(C)C(O)CC(CO)OC3O)cn(Cc3ccc4ccccc4c3)c2c1.OCC1CC(O)C(CO)C(O)O1. The Morgan fingerprint density at radius 1 is 0.671 bits per heavy atom. The Labute approximate surface area is 440 Å². The van der Waals surface area contributed by atoms with Crippen molar-refractivity contribution in [2.45, 2.75) is 96.2 Å². The van der Waals surface area contributed by atoms with Gasteiger partial charge in [0.1, 0.15) is 11.3 Å². The van der Waals surface area contributed by atoms with Crippen LogP contribution >= 0.6 is 0 Å². The summed E-state index contributed by atoms with van der Waals surface area (Å²) in [7, 11) is 1.59. The summed E-state index contributed by atoms with van der Waals surface area (Å²) in [6.07, 6.45) is -1.92. The number of amides is 2. The van der Waals surface area contributed by atoms with E-state index in [1.165, 1.54) is 24.6 Å². The van der Waals surface area contributed by atoms with Crippen LogP contribution in [0.25, 0.3) is 43.4 Å². The maximum absolute atomic E-state index is 13.5. The zero-order valence-corrected chi connectivity index (χ0v) is 43.2. The number of aromatic nitrogens is 2. The number of ketones is 1. The monoisotopic (exact) mass is 1040 g/mol. The number of Topliss-reactive ketones (excluding diaryl/α,β-unsaturated/α-hetero) is 1. The van der Waals surface area contributed by atoms with Gasteiger partial charge >= 0.3 is 0 Å². The van der Waals surface area contributed by atoms with E-state index >= 15 is 0 Å². The summed E-state index contributed by atoms with van der Waals surface area (Å²) < 4.78 is 19.7. The molecule has 2 saturated heterocycles. The summed E-state index contributed by atoms with van der Waals surface area (Å²) in [5.74, 6) is -0.920. The van der Waals surface area contributed by atoms with E-state index in [1.807, 2.05) is 65.4 Å². The van der Waals surface area contributed by atoms with E-state index < -0.39 is 60.3 Å². The second kappa shape index (κ2) is 25.2. The van der Waals surface area contributed by atoms with Gasteiger partial charge in [0.2, 0.25) is 0 Å². The van der Waals surface area contributed by atoms with Gasteiger partial charge in [-0.05, 0) is 76.9 Å². The minimum atomic E-state index is -1.48. The summed E-state index contributed by atoms with van der Waals surface area (Å²) in [5, 5.41) is 75.4. The number of methoxy groups -OCH3 is 1.